The van der Waals surface area contributed by atoms with Crippen LogP contribution < -0.4 is 0 Å². The molecule has 120 valence electrons. The second kappa shape index (κ2) is 5.93. The predicted molar refractivity (Wildman–Crippen MR) is 88.9 cm³/mol. The molecule has 4 nitrogen and oxygen atoms in total. The van der Waals surface area contributed by atoms with E-state index in [0.717, 1.165) is 55.3 Å². The van der Waals surface area contributed by atoms with Gasteiger partial charge in [-0.1, -0.05) is 24.3 Å². The molecule has 0 N–H and O–H groups in total. The Morgan fingerprint density at radius 3 is 2.96 bits per heavy atom. The first kappa shape index (κ1) is 14.6. The Bertz CT molecular complexity index is 717. The number of fused-ring (bicyclic) bond motifs is 1. The van der Waals surface area contributed by atoms with Gasteiger partial charge in [0.05, 0.1) is 11.1 Å². The van der Waals surface area contributed by atoms with Gasteiger partial charge in [0.2, 0.25) is 5.91 Å². The fourth-order valence-electron chi connectivity index (χ4n) is 3.90. The molecule has 2 fully saturated rings. The number of para-hydroxylation sites is 1. The van der Waals surface area contributed by atoms with Gasteiger partial charge in [-0.2, -0.15) is 0 Å². The quantitative estimate of drug-likeness (QED) is 0.855. The molecule has 0 radical (unpaired) electrons. The fraction of sp³-hybridized carbons (Fsp3) is 0.474. The SMILES string of the molecule is O=C1CC[C@]2(CCCO2)CCN1Cc1cccc2cccnc12. The molecule has 4 heteroatoms. The van der Waals surface area contributed by atoms with Crippen LogP contribution in [0.3, 0.4) is 0 Å². The van der Waals surface area contributed by atoms with Crippen LogP contribution in [0.4, 0.5) is 0 Å². The standard InChI is InChI=1S/C19H22N2O2/c22-17-7-9-19(8-3-13-23-19)10-12-21(17)14-16-5-1-4-15-6-2-11-20-18(15)16/h1-2,4-6,11H,3,7-10,12-14H2/t19-/m1/s1. The Morgan fingerprint density at radius 2 is 2.09 bits per heavy atom. The predicted octanol–water partition coefficient (Wildman–Crippen LogP) is 3.30. The van der Waals surface area contributed by atoms with Crippen LogP contribution in [0.1, 0.15) is 37.7 Å². The zero-order valence-electron chi connectivity index (χ0n) is 13.3. The highest BCUT2D eigenvalue weighted by Crippen LogP contribution is 2.36. The molecule has 2 aliphatic heterocycles. The summed E-state index contributed by atoms with van der Waals surface area (Å²) in [6.45, 7) is 2.27. The maximum absolute atomic E-state index is 12.5. The minimum Gasteiger partial charge on any atom is -0.375 e. The van der Waals surface area contributed by atoms with E-state index in [0.29, 0.717) is 13.0 Å². The highest BCUT2D eigenvalue weighted by atomic mass is 16.5. The van der Waals surface area contributed by atoms with Crippen LogP contribution in [-0.2, 0) is 16.1 Å². The summed E-state index contributed by atoms with van der Waals surface area (Å²) < 4.78 is 5.99. The number of likely N-dealkylation sites (tertiary alicyclic amines) is 1. The van der Waals surface area contributed by atoms with Crippen molar-refractivity contribution in [2.45, 2.75) is 44.2 Å². The van der Waals surface area contributed by atoms with Crippen molar-refractivity contribution >= 4 is 16.8 Å². The first-order valence-electron chi connectivity index (χ1n) is 8.50. The normalized spacial score (nSPS) is 25.2. The third-order valence-corrected chi connectivity index (χ3v) is 5.25. The molecule has 2 saturated heterocycles. The maximum Gasteiger partial charge on any atom is 0.222 e. The average molecular weight is 310 g/mol. The van der Waals surface area contributed by atoms with Crippen LogP contribution in [0.2, 0.25) is 0 Å². The minimum absolute atomic E-state index is 0.0403. The zero-order chi connectivity index (χ0) is 15.7. The molecule has 1 amide bonds. The van der Waals surface area contributed by atoms with Crippen molar-refractivity contribution < 1.29 is 9.53 Å². The van der Waals surface area contributed by atoms with E-state index >= 15 is 0 Å². The van der Waals surface area contributed by atoms with Crippen LogP contribution >= 0.6 is 0 Å². The molecule has 1 aromatic carbocycles. The van der Waals surface area contributed by atoms with E-state index in [1.807, 2.05) is 23.2 Å². The van der Waals surface area contributed by atoms with Gasteiger partial charge >= 0.3 is 0 Å². The van der Waals surface area contributed by atoms with E-state index in [4.69, 9.17) is 4.74 Å². The summed E-state index contributed by atoms with van der Waals surface area (Å²) in [5.41, 5.74) is 2.08. The number of pyridine rings is 1. The zero-order valence-corrected chi connectivity index (χ0v) is 13.3. The van der Waals surface area contributed by atoms with Gasteiger partial charge in [0.25, 0.3) is 0 Å². The summed E-state index contributed by atoms with van der Waals surface area (Å²) in [7, 11) is 0. The lowest BCUT2D eigenvalue weighted by Gasteiger charge is -2.26. The molecule has 0 saturated carbocycles. The first-order valence-corrected chi connectivity index (χ1v) is 8.50. The largest absolute Gasteiger partial charge is 0.375 e. The molecule has 0 bridgehead atoms. The van der Waals surface area contributed by atoms with E-state index in [1.165, 1.54) is 0 Å². The Labute approximate surface area is 136 Å². The number of carbonyl (C=O) groups is 1. The Morgan fingerprint density at radius 1 is 1.17 bits per heavy atom. The molecule has 0 aliphatic carbocycles. The lowest BCUT2D eigenvalue weighted by atomic mass is 9.92. The second-order valence-corrected chi connectivity index (χ2v) is 6.69. The number of aromatic nitrogens is 1. The summed E-state index contributed by atoms with van der Waals surface area (Å²) >= 11 is 0. The van der Waals surface area contributed by atoms with Crippen LogP contribution in [0, 0.1) is 0 Å². The third-order valence-electron chi connectivity index (χ3n) is 5.25. The van der Waals surface area contributed by atoms with E-state index < -0.39 is 0 Å². The smallest absolute Gasteiger partial charge is 0.222 e. The maximum atomic E-state index is 12.5. The molecule has 2 aliphatic rings. The lowest BCUT2D eigenvalue weighted by molar-refractivity contribution is -0.131. The number of hydrogen-bond acceptors (Lipinski definition) is 3. The van der Waals surface area contributed by atoms with Crippen LogP contribution in [0.5, 0.6) is 0 Å². The van der Waals surface area contributed by atoms with Gasteiger partial charge in [0, 0.05) is 37.7 Å². The van der Waals surface area contributed by atoms with Crippen molar-refractivity contribution in [3.05, 3.63) is 42.1 Å². The summed E-state index contributed by atoms with van der Waals surface area (Å²) in [6.07, 6.45) is 6.47. The number of ether oxygens (including phenoxy) is 1. The van der Waals surface area contributed by atoms with E-state index in [-0.39, 0.29) is 11.5 Å². The van der Waals surface area contributed by atoms with Crippen molar-refractivity contribution in [2.75, 3.05) is 13.2 Å². The van der Waals surface area contributed by atoms with Gasteiger partial charge in [-0.05, 0) is 37.3 Å². The molecule has 3 heterocycles. The van der Waals surface area contributed by atoms with Crippen molar-refractivity contribution in [3.8, 4) is 0 Å². The van der Waals surface area contributed by atoms with E-state index in [2.05, 4.69) is 23.2 Å². The molecular formula is C19H22N2O2. The number of rotatable bonds is 2. The number of benzene rings is 1. The third kappa shape index (κ3) is 2.83. The minimum atomic E-state index is -0.0403. The lowest BCUT2D eigenvalue weighted by Crippen LogP contribution is -2.32. The number of hydrogen-bond donors (Lipinski definition) is 0. The summed E-state index contributed by atoms with van der Waals surface area (Å²) in [6, 6.07) is 10.2. The van der Waals surface area contributed by atoms with Gasteiger partial charge in [-0.15, -0.1) is 0 Å². The summed E-state index contributed by atoms with van der Waals surface area (Å²) in [4.78, 5) is 19.0. The molecule has 2 aromatic rings. The highest BCUT2D eigenvalue weighted by molar-refractivity contribution is 5.82. The van der Waals surface area contributed by atoms with Gasteiger partial charge < -0.3 is 9.64 Å². The summed E-state index contributed by atoms with van der Waals surface area (Å²) in [5, 5.41) is 1.13. The number of amides is 1. The average Bonchev–Trinajstić information content (AvgIpc) is 3.00. The molecular weight excluding hydrogens is 288 g/mol. The molecule has 1 atom stereocenters. The molecule has 0 unspecified atom stereocenters. The first-order chi connectivity index (χ1) is 11.3. The molecule has 1 aromatic heterocycles. The Balaban J connectivity index is 1.56. The van der Waals surface area contributed by atoms with Gasteiger partial charge in [-0.3, -0.25) is 9.78 Å². The van der Waals surface area contributed by atoms with E-state index in [9.17, 15) is 4.79 Å². The summed E-state index contributed by atoms with van der Waals surface area (Å²) in [5.74, 6) is 0.241. The molecule has 4 rings (SSSR count). The van der Waals surface area contributed by atoms with Crippen molar-refractivity contribution in [3.63, 3.8) is 0 Å². The molecule has 1 spiro atoms. The van der Waals surface area contributed by atoms with Crippen LogP contribution in [0.15, 0.2) is 36.5 Å². The number of nitrogens with zero attached hydrogens (tertiary/aromatic N) is 2. The van der Waals surface area contributed by atoms with Gasteiger partial charge in [0.1, 0.15) is 0 Å². The number of carbonyl (C=O) groups excluding carboxylic acids is 1. The van der Waals surface area contributed by atoms with E-state index in [1.54, 1.807) is 0 Å². The van der Waals surface area contributed by atoms with Crippen molar-refractivity contribution in [2.24, 2.45) is 0 Å². The van der Waals surface area contributed by atoms with Crippen LogP contribution in [0.25, 0.3) is 10.9 Å². The van der Waals surface area contributed by atoms with Gasteiger partial charge in [0.15, 0.2) is 0 Å². The second-order valence-electron chi connectivity index (χ2n) is 6.69. The van der Waals surface area contributed by atoms with Gasteiger partial charge in [-0.25, -0.2) is 0 Å². The Hall–Kier alpha value is -1.94. The Kier molecular flexibility index (Phi) is 3.77. The topological polar surface area (TPSA) is 42.4 Å². The highest BCUT2D eigenvalue weighted by Gasteiger charge is 2.38. The molecule has 23 heavy (non-hydrogen) atoms. The fourth-order valence-corrected chi connectivity index (χ4v) is 3.90. The van der Waals surface area contributed by atoms with Crippen molar-refractivity contribution in [1.29, 1.82) is 0 Å². The monoisotopic (exact) mass is 310 g/mol. The van der Waals surface area contributed by atoms with Crippen LogP contribution in [-0.4, -0.2) is 34.5 Å². The van der Waals surface area contributed by atoms with Crippen molar-refractivity contribution in [1.82, 2.24) is 9.88 Å².